The minimum atomic E-state index is -0.165. The fourth-order valence-electron chi connectivity index (χ4n) is 3.52. The highest BCUT2D eigenvalue weighted by atomic mass is 35.5. The normalized spacial score (nSPS) is 26.7. The number of piperidine rings is 3. The molecular weight excluding hydrogens is 302 g/mol. The number of nitrogens with one attached hydrogen (secondary N) is 1. The van der Waals surface area contributed by atoms with Crippen LogP contribution >= 0.6 is 11.6 Å². The van der Waals surface area contributed by atoms with Crippen molar-refractivity contribution >= 4 is 23.2 Å². The monoisotopic (exact) mass is 323 g/mol. The minimum absolute atomic E-state index is 0.165. The predicted octanol–water partition coefficient (Wildman–Crippen LogP) is 2.14. The number of nitrogen functional groups attached to an aromatic ring is 1. The van der Waals surface area contributed by atoms with E-state index in [0.717, 1.165) is 19.0 Å². The summed E-state index contributed by atoms with van der Waals surface area (Å²) in [5.41, 5.74) is 6.58. The van der Waals surface area contributed by atoms with Gasteiger partial charge in [0.05, 0.1) is 23.4 Å². The Morgan fingerprint density at radius 2 is 2.18 bits per heavy atom. The Hall–Kier alpha value is -1.46. The molecule has 2 bridgehead atoms. The first kappa shape index (κ1) is 15.4. The first-order chi connectivity index (χ1) is 10.6. The van der Waals surface area contributed by atoms with Crippen LogP contribution in [0.15, 0.2) is 12.1 Å². The summed E-state index contributed by atoms with van der Waals surface area (Å²) in [4.78, 5) is 14.9. The number of methoxy groups -OCH3 is 1. The summed E-state index contributed by atoms with van der Waals surface area (Å²) in [7, 11) is 1.52. The van der Waals surface area contributed by atoms with Crippen molar-refractivity contribution in [3.63, 3.8) is 0 Å². The molecule has 6 heteroatoms. The molecule has 1 amide bonds. The third-order valence-corrected chi connectivity index (χ3v) is 5.16. The second kappa shape index (κ2) is 6.34. The Kier molecular flexibility index (Phi) is 4.45. The van der Waals surface area contributed by atoms with Gasteiger partial charge in [-0.05, 0) is 44.3 Å². The van der Waals surface area contributed by atoms with Crippen LogP contribution in [0.2, 0.25) is 5.02 Å². The number of hydrogen-bond acceptors (Lipinski definition) is 4. The van der Waals surface area contributed by atoms with E-state index < -0.39 is 0 Å². The number of halogens is 1. The van der Waals surface area contributed by atoms with Crippen LogP contribution in [0.5, 0.6) is 5.75 Å². The summed E-state index contributed by atoms with van der Waals surface area (Å²) in [6.07, 6.45) is 3.78. The Morgan fingerprint density at radius 1 is 1.45 bits per heavy atom. The Morgan fingerprint density at radius 3 is 2.77 bits per heavy atom. The number of carbonyl (C=O) groups is 1. The number of amides is 1. The van der Waals surface area contributed by atoms with Gasteiger partial charge in [0.2, 0.25) is 0 Å². The fourth-order valence-corrected chi connectivity index (χ4v) is 3.68. The Balaban J connectivity index is 1.66. The van der Waals surface area contributed by atoms with E-state index >= 15 is 0 Å². The zero-order valence-electron chi connectivity index (χ0n) is 12.8. The lowest BCUT2D eigenvalue weighted by Gasteiger charge is -2.45. The zero-order chi connectivity index (χ0) is 15.7. The number of anilines is 1. The van der Waals surface area contributed by atoms with Gasteiger partial charge in [-0.1, -0.05) is 11.6 Å². The summed E-state index contributed by atoms with van der Waals surface area (Å²) in [6, 6.07) is 3.61. The van der Waals surface area contributed by atoms with E-state index in [9.17, 15) is 4.79 Å². The topological polar surface area (TPSA) is 67.6 Å². The van der Waals surface area contributed by atoms with E-state index in [1.54, 1.807) is 12.1 Å². The highest BCUT2D eigenvalue weighted by molar-refractivity contribution is 6.33. The maximum atomic E-state index is 12.4. The lowest BCUT2D eigenvalue weighted by atomic mass is 9.83. The van der Waals surface area contributed by atoms with Crippen molar-refractivity contribution in [2.75, 3.05) is 32.5 Å². The van der Waals surface area contributed by atoms with Crippen LogP contribution in [0.4, 0.5) is 5.69 Å². The van der Waals surface area contributed by atoms with E-state index in [2.05, 4.69) is 10.2 Å². The van der Waals surface area contributed by atoms with E-state index in [1.807, 2.05) is 0 Å². The Labute approximate surface area is 135 Å². The summed E-state index contributed by atoms with van der Waals surface area (Å²) >= 11 is 6.02. The van der Waals surface area contributed by atoms with Gasteiger partial charge in [0.15, 0.2) is 0 Å². The molecule has 4 rings (SSSR count). The molecule has 3 N–H and O–H groups in total. The quantitative estimate of drug-likeness (QED) is 0.833. The number of hydrogen-bond donors (Lipinski definition) is 2. The molecule has 1 aromatic carbocycles. The Bertz CT molecular complexity index is 571. The number of carbonyl (C=O) groups excluding carboxylic acids is 1. The van der Waals surface area contributed by atoms with Crippen LogP contribution in [0.3, 0.4) is 0 Å². The van der Waals surface area contributed by atoms with Gasteiger partial charge in [0, 0.05) is 18.7 Å². The van der Waals surface area contributed by atoms with Gasteiger partial charge >= 0.3 is 0 Å². The fraction of sp³-hybridized carbons (Fsp3) is 0.562. The van der Waals surface area contributed by atoms with Crippen LogP contribution in [0.25, 0.3) is 0 Å². The lowest BCUT2D eigenvalue weighted by Crippen LogP contribution is -2.53. The van der Waals surface area contributed by atoms with Crippen molar-refractivity contribution in [2.24, 2.45) is 5.92 Å². The van der Waals surface area contributed by atoms with Gasteiger partial charge < -0.3 is 15.8 Å². The largest absolute Gasteiger partial charge is 0.496 e. The lowest BCUT2D eigenvalue weighted by molar-refractivity contribution is 0.0481. The average molecular weight is 324 g/mol. The first-order valence-corrected chi connectivity index (χ1v) is 8.11. The molecule has 22 heavy (non-hydrogen) atoms. The molecule has 5 nitrogen and oxygen atoms in total. The van der Waals surface area contributed by atoms with Gasteiger partial charge in [-0.2, -0.15) is 0 Å². The molecule has 0 saturated carbocycles. The van der Waals surface area contributed by atoms with Crippen molar-refractivity contribution in [1.29, 1.82) is 0 Å². The number of benzene rings is 1. The third-order valence-electron chi connectivity index (χ3n) is 4.83. The van der Waals surface area contributed by atoms with Crippen molar-refractivity contribution < 1.29 is 9.53 Å². The molecule has 0 radical (unpaired) electrons. The molecule has 3 aliphatic heterocycles. The minimum Gasteiger partial charge on any atom is -0.496 e. The molecule has 0 aromatic heterocycles. The second-order valence-electron chi connectivity index (χ2n) is 6.15. The van der Waals surface area contributed by atoms with E-state index in [-0.39, 0.29) is 5.91 Å². The molecule has 1 aromatic rings. The molecule has 3 heterocycles. The van der Waals surface area contributed by atoms with Crippen molar-refractivity contribution in [3.05, 3.63) is 22.7 Å². The van der Waals surface area contributed by atoms with Gasteiger partial charge in [-0.25, -0.2) is 0 Å². The number of fused-ring (bicyclic) bond motifs is 3. The smallest absolute Gasteiger partial charge is 0.255 e. The first-order valence-electron chi connectivity index (χ1n) is 7.73. The summed E-state index contributed by atoms with van der Waals surface area (Å²) in [5.74, 6) is 1.11. The van der Waals surface area contributed by atoms with Crippen LogP contribution < -0.4 is 15.8 Å². The summed E-state index contributed by atoms with van der Waals surface area (Å²) in [6.45, 7) is 2.98. The highest BCUT2D eigenvalue weighted by Crippen LogP contribution is 2.32. The van der Waals surface area contributed by atoms with Crippen LogP contribution in [-0.2, 0) is 0 Å². The molecule has 0 aliphatic carbocycles. The average Bonchev–Trinajstić information content (AvgIpc) is 2.55. The molecule has 1 unspecified atom stereocenters. The number of nitrogens with zero attached hydrogens (tertiary/aromatic N) is 1. The van der Waals surface area contributed by atoms with Gasteiger partial charge in [-0.15, -0.1) is 0 Å². The van der Waals surface area contributed by atoms with Gasteiger partial charge in [0.25, 0.3) is 5.91 Å². The van der Waals surface area contributed by atoms with Gasteiger partial charge in [0.1, 0.15) is 5.75 Å². The molecular formula is C16H22ClN3O2. The number of nitrogens with two attached hydrogens (primary N) is 1. The number of ether oxygens (including phenoxy) is 1. The number of rotatable bonds is 4. The predicted molar refractivity (Wildman–Crippen MR) is 87.5 cm³/mol. The van der Waals surface area contributed by atoms with Crippen molar-refractivity contribution in [3.8, 4) is 5.75 Å². The standard InChI is InChI=1S/C16H22ClN3O2/c1-22-15-8-14(18)13(17)7-12(15)16(21)19-9-11-6-10-2-4-20(11)5-3-10/h7-8,10-11H,2-6,9,18H2,1H3,(H,19,21). The molecule has 3 aliphatic rings. The van der Waals surface area contributed by atoms with E-state index in [4.69, 9.17) is 22.1 Å². The highest BCUT2D eigenvalue weighted by Gasteiger charge is 2.33. The maximum Gasteiger partial charge on any atom is 0.255 e. The molecule has 3 saturated heterocycles. The van der Waals surface area contributed by atoms with Crippen LogP contribution in [-0.4, -0.2) is 43.6 Å². The third kappa shape index (κ3) is 3.01. The van der Waals surface area contributed by atoms with E-state index in [0.29, 0.717) is 34.6 Å². The molecule has 120 valence electrons. The summed E-state index contributed by atoms with van der Waals surface area (Å²) in [5, 5.41) is 3.38. The van der Waals surface area contributed by atoms with Crippen molar-refractivity contribution in [1.82, 2.24) is 10.2 Å². The summed E-state index contributed by atoms with van der Waals surface area (Å²) < 4.78 is 5.23. The van der Waals surface area contributed by atoms with Crippen molar-refractivity contribution in [2.45, 2.75) is 25.3 Å². The molecule has 3 fully saturated rings. The zero-order valence-corrected chi connectivity index (χ0v) is 13.5. The van der Waals surface area contributed by atoms with Crippen LogP contribution in [0, 0.1) is 5.92 Å². The van der Waals surface area contributed by atoms with Crippen LogP contribution in [0.1, 0.15) is 29.6 Å². The SMILES string of the molecule is COc1cc(N)c(Cl)cc1C(=O)NCC1CC2CCN1CC2. The molecule has 1 atom stereocenters. The second-order valence-corrected chi connectivity index (χ2v) is 6.56. The van der Waals surface area contributed by atoms with E-state index in [1.165, 1.54) is 26.4 Å². The molecule has 0 spiro atoms. The van der Waals surface area contributed by atoms with Gasteiger partial charge in [-0.3, -0.25) is 9.69 Å². The maximum absolute atomic E-state index is 12.4.